The molecule has 3 aromatic rings. The highest BCUT2D eigenvalue weighted by Gasteiger charge is 2.06. The Morgan fingerprint density at radius 1 is 1.03 bits per heavy atom. The number of nitrogens with one attached hydrogen (secondary N) is 3. The molecule has 3 rings (SSSR count). The predicted molar refractivity (Wildman–Crippen MR) is 135 cm³/mol. The number of aromatic nitrogens is 1. The zero-order valence-electron chi connectivity index (χ0n) is 18.0. The van der Waals surface area contributed by atoms with E-state index in [4.69, 9.17) is 14.5 Å². The van der Waals surface area contributed by atoms with Crippen molar-refractivity contribution in [2.75, 3.05) is 27.3 Å². The summed E-state index contributed by atoms with van der Waals surface area (Å²) in [6, 6.07) is 12.4. The van der Waals surface area contributed by atoms with Crippen LogP contribution in [0.2, 0.25) is 0 Å². The summed E-state index contributed by atoms with van der Waals surface area (Å²) >= 11 is 0. The van der Waals surface area contributed by atoms with Crippen LogP contribution in [0.4, 0.5) is 0 Å². The minimum Gasteiger partial charge on any atom is -0.493 e. The molecule has 0 bridgehead atoms. The lowest BCUT2D eigenvalue weighted by atomic mass is 10.1. The van der Waals surface area contributed by atoms with Gasteiger partial charge in [0, 0.05) is 30.2 Å². The fourth-order valence-electron chi connectivity index (χ4n) is 3.31. The number of ether oxygens (including phenoxy) is 2. The molecule has 0 saturated heterocycles. The summed E-state index contributed by atoms with van der Waals surface area (Å²) in [6.45, 7) is 6.35. The second kappa shape index (κ2) is 11.7. The fraction of sp³-hybridized carbons (Fsp3) is 0.348. The quantitative estimate of drug-likeness (QED) is 0.233. The molecule has 0 aliphatic rings. The molecule has 1 heterocycles. The molecule has 0 aliphatic carbocycles. The lowest BCUT2D eigenvalue weighted by molar-refractivity contribution is 0.354. The number of hydrogen-bond donors (Lipinski definition) is 3. The topological polar surface area (TPSA) is 70.7 Å². The maximum atomic E-state index is 5.37. The summed E-state index contributed by atoms with van der Waals surface area (Å²) < 4.78 is 10.7. The van der Waals surface area contributed by atoms with Crippen molar-refractivity contribution < 1.29 is 9.47 Å². The summed E-state index contributed by atoms with van der Waals surface area (Å²) in [5.41, 5.74) is 4.82. The van der Waals surface area contributed by atoms with Gasteiger partial charge in [-0.2, -0.15) is 0 Å². The Morgan fingerprint density at radius 3 is 2.57 bits per heavy atom. The van der Waals surface area contributed by atoms with Crippen LogP contribution in [0.15, 0.2) is 47.6 Å². The SMILES string of the molecule is CCNC(=NCc1ccc(OC)c(OC)c1)NCCc1c[nH]c2cc(C)ccc12.I. The van der Waals surface area contributed by atoms with E-state index in [1.54, 1.807) is 14.2 Å². The van der Waals surface area contributed by atoms with Gasteiger partial charge < -0.3 is 25.1 Å². The number of fused-ring (bicyclic) bond motifs is 1. The monoisotopic (exact) mass is 522 g/mol. The van der Waals surface area contributed by atoms with Crippen molar-refractivity contribution in [1.29, 1.82) is 0 Å². The number of aryl methyl sites for hydroxylation is 1. The third-order valence-corrected chi connectivity index (χ3v) is 4.82. The van der Waals surface area contributed by atoms with E-state index in [9.17, 15) is 0 Å². The molecule has 0 atom stereocenters. The Kier molecular flexibility index (Phi) is 9.29. The first-order chi connectivity index (χ1) is 14.1. The minimum absolute atomic E-state index is 0. The van der Waals surface area contributed by atoms with Crippen LogP contribution in [0.5, 0.6) is 11.5 Å². The van der Waals surface area contributed by atoms with Gasteiger partial charge in [-0.25, -0.2) is 4.99 Å². The molecule has 1 aromatic heterocycles. The van der Waals surface area contributed by atoms with Gasteiger partial charge in [0.15, 0.2) is 17.5 Å². The molecular formula is C23H31IN4O2. The van der Waals surface area contributed by atoms with Gasteiger partial charge in [0.1, 0.15) is 0 Å². The summed E-state index contributed by atoms with van der Waals surface area (Å²) in [4.78, 5) is 8.06. The predicted octanol–water partition coefficient (Wildman–Crippen LogP) is 4.41. The number of rotatable bonds is 8. The van der Waals surface area contributed by atoms with Gasteiger partial charge in [0.25, 0.3) is 0 Å². The van der Waals surface area contributed by atoms with E-state index >= 15 is 0 Å². The maximum Gasteiger partial charge on any atom is 0.191 e. The van der Waals surface area contributed by atoms with Gasteiger partial charge in [-0.05, 0) is 55.2 Å². The summed E-state index contributed by atoms with van der Waals surface area (Å²) in [6.07, 6.45) is 3.02. The lowest BCUT2D eigenvalue weighted by Crippen LogP contribution is -2.38. The lowest BCUT2D eigenvalue weighted by Gasteiger charge is -2.12. The molecule has 7 heteroatoms. The molecule has 3 N–H and O–H groups in total. The van der Waals surface area contributed by atoms with Crippen molar-refractivity contribution in [3.05, 3.63) is 59.3 Å². The van der Waals surface area contributed by atoms with Crippen LogP contribution < -0.4 is 20.1 Å². The van der Waals surface area contributed by atoms with Gasteiger partial charge in [0.05, 0.1) is 20.8 Å². The fourth-order valence-corrected chi connectivity index (χ4v) is 3.31. The molecule has 6 nitrogen and oxygen atoms in total. The van der Waals surface area contributed by atoms with E-state index in [0.29, 0.717) is 12.3 Å². The van der Waals surface area contributed by atoms with Crippen molar-refractivity contribution in [3.63, 3.8) is 0 Å². The first-order valence-corrected chi connectivity index (χ1v) is 9.94. The number of hydrogen-bond acceptors (Lipinski definition) is 3. The number of benzene rings is 2. The summed E-state index contributed by atoms with van der Waals surface area (Å²) in [5.74, 6) is 2.24. The van der Waals surface area contributed by atoms with Crippen LogP contribution in [0.25, 0.3) is 10.9 Å². The maximum absolute atomic E-state index is 5.37. The number of methoxy groups -OCH3 is 2. The van der Waals surface area contributed by atoms with Gasteiger partial charge in [-0.15, -0.1) is 24.0 Å². The van der Waals surface area contributed by atoms with Crippen LogP contribution in [0.3, 0.4) is 0 Å². The van der Waals surface area contributed by atoms with Crippen LogP contribution in [-0.2, 0) is 13.0 Å². The van der Waals surface area contributed by atoms with E-state index < -0.39 is 0 Å². The van der Waals surface area contributed by atoms with E-state index in [0.717, 1.165) is 36.8 Å². The smallest absolute Gasteiger partial charge is 0.191 e. The minimum atomic E-state index is 0. The number of nitrogens with zero attached hydrogens (tertiary/aromatic N) is 1. The molecular weight excluding hydrogens is 491 g/mol. The molecule has 2 aromatic carbocycles. The Labute approximate surface area is 195 Å². The van der Waals surface area contributed by atoms with E-state index in [-0.39, 0.29) is 24.0 Å². The highest BCUT2D eigenvalue weighted by atomic mass is 127. The van der Waals surface area contributed by atoms with Crippen LogP contribution in [0, 0.1) is 6.92 Å². The number of H-pyrrole nitrogens is 1. The first kappa shape index (κ1) is 23.9. The van der Waals surface area contributed by atoms with Crippen LogP contribution >= 0.6 is 24.0 Å². The molecule has 0 radical (unpaired) electrons. The first-order valence-electron chi connectivity index (χ1n) is 9.94. The number of guanidine groups is 1. The second-order valence-electron chi connectivity index (χ2n) is 6.92. The number of aromatic amines is 1. The number of aliphatic imine (C=N–C) groups is 1. The Balaban J connectivity index is 0.00000320. The van der Waals surface area contributed by atoms with Gasteiger partial charge >= 0.3 is 0 Å². The van der Waals surface area contributed by atoms with Crippen molar-refractivity contribution in [1.82, 2.24) is 15.6 Å². The van der Waals surface area contributed by atoms with Crippen LogP contribution in [-0.4, -0.2) is 38.3 Å². The molecule has 0 amide bonds. The standard InChI is InChI=1S/C23H30N4O2.HI/c1-5-24-23(27-14-17-7-9-21(28-3)22(13-17)29-4)25-11-10-18-15-26-20-12-16(2)6-8-19(18)20;/h6-9,12-13,15,26H,5,10-11,14H2,1-4H3,(H2,24,25,27);1H. The molecule has 0 saturated carbocycles. The largest absolute Gasteiger partial charge is 0.493 e. The van der Waals surface area contributed by atoms with Crippen molar-refractivity contribution in [2.24, 2.45) is 4.99 Å². The third kappa shape index (κ3) is 6.04. The molecule has 0 fully saturated rings. The zero-order valence-corrected chi connectivity index (χ0v) is 20.4. The van der Waals surface area contributed by atoms with Gasteiger partial charge in [0.2, 0.25) is 0 Å². The normalized spacial score (nSPS) is 11.1. The highest BCUT2D eigenvalue weighted by molar-refractivity contribution is 14.0. The zero-order chi connectivity index (χ0) is 20.6. The van der Waals surface area contributed by atoms with Crippen molar-refractivity contribution >= 4 is 40.8 Å². The van der Waals surface area contributed by atoms with Crippen molar-refractivity contribution in [2.45, 2.75) is 26.8 Å². The summed E-state index contributed by atoms with van der Waals surface area (Å²) in [5, 5.41) is 8.01. The van der Waals surface area contributed by atoms with E-state index in [1.807, 2.05) is 18.2 Å². The Bertz CT molecular complexity index is 984. The Morgan fingerprint density at radius 2 is 1.83 bits per heavy atom. The average Bonchev–Trinajstić information content (AvgIpc) is 3.13. The van der Waals surface area contributed by atoms with Gasteiger partial charge in [-0.3, -0.25) is 0 Å². The Hall–Kier alpha value is -2.42. The molecule has 0 aliphatic heterocycles. The van der Waals surface area contributed by atoms with E-state index in [2.05, 4.69) is 53.9 Å². The highest BCUT2D eigenvalue weighted by Crippen LogP contribution is 2.27. The molecule has 0 unspecified atom stereocenters. The molecule has 162 valence electrons. The average molecular weight is 522 g/mol. The second-order valence-corrected chi connectivity index (χ2v) is 6.92. The number of halogens is 1. The summed E-state index contributed by atoms with van der Waals surface area (Å²) in [7, 11) is 3.28. The third-order valence-electron chi connectivity index (χ3n) is 4.82. The van der Waals surface area contributed by atoms with Crippen molar-refractivity contribution in [3.8, 4) is 11.5 Å². The van der Waals surface area contributed by atoms with Crippen LogP contribution in [0.1, 0.15) is 23.6 Å². The van der Waals surface area contributed by atoms with E-state index in [1.165, 1.54) is 22.0 Å². The molecule has 0 spiro atoms. The van der Waals surface area contributed by atoms with Gasteiger partial charge in [-0.1, -0.05) is 18.2 Å². The molecule has 30 heavy (non-hydrogen) atoms.